The molecule has 0 amide bonds. The van der Waals surface area contributed by atoms with Gasteiger partial charge < -0.3 is 19.6 Å². The van der Waals surface area contributed by atoms with Crippen LogP contribution in [0.3, 0.4) is 0 Å². The van der Waals surface area contributed by atoms with Gasteiger partial charge in [0, 0.05) is 48.9 Å². The number of pyridine rings is 1. The third-order valence-corrected chi connectivity index (χ3v) is 10.5. The first-order chi connectivity index (χ1) is 17.1. The summed E-state index contributed by atoms with van der Waals surface area (Å²) in [6.45, 7) is 9.18. The molecule has 5 heterocycles. The number of aliphatic hydroxyl groups is 1. The van der Waals surface area contributed by atoms with Crippen LogP contribution in [0.15, 0.2) is 40.5 Å². The molecule has 0 bridgehead atoms. The monoisotopic (exact) mass is 551 g/mol. The lowest BCUT2D eigenvalue weighted by Crippen LogP contribution is -2.55. The Bertz CT molecular complexity index is 1280. The second-order valence-electron chi connectivity index (χ2n) is 9.79. The van der Waals surface area contributed by atoms with E-state index in [4.69, 9.17) is 16.3 Å². The first kappa shape index (κ1) is 25.7. The van der Waals surface area contributed by atoms with Crippen LogP contribution in [0.2, 0.25) is 5.02 Å². The molecule has 1 spiro atoms. The van der Waals surface area contributed by atoms with Crippen molar-refractivity contribution in [2.45, 2.75) is 47.6 Å². The van der Waals surface area contributed by atoms with Crippen molar-refractivity contribution >= 4 is 44.8 Å². The number of anilines is 2. The van der Waals surface area contributed by atoms with Crippen LogP contribution in [0.5, 0.6) is 0 Å². The van der Waals surface area contributed by atoms with Gasteiger partial charge in [-0.1, -0.05) is 29.9 Å². The summed E-state index contributed by atoms with van der Waals surface area (Å²) in [5.41, 5.74) is 1.74. The number of nitrogens with zero attached hydrogens (tertiary/aromatic N) is 5. The zero-order chi connectivity index (χ0) is 25.7. The van der Waals surface area contributed by atoms with E-state index in [2.05, 4.69) is 33.4 Å². The largest absolute Gasteiger partial charge is 0.390 e. The van der Waals surface area contributed by atoms with E-state index in [1.807, 2.05) is 4.90 Å². The van der Waals surface area contributed by atoms with Gasteiger partial charge in [0.05, 0.1) is 35.8 Å². The van der Waals surface area contributed by atoms with E-state index in [1.54, 1.807) is 18.5 Å². The van der Waals surface area contributed by atoms with E-state index in [-0.39, 0.29) is 18.1 Å². The van der Waals surface area contributed by atoms with Gasteiger partial charge in [0.1, 0.15) is 16.5 Å². The molecule has 1 atom stereocenters. The molecule has 0 aromatic carbocycles. The molecule has 3 saturated heterocycles. The van der Waals surface area contributed by atoms with E-state index in [0.717, 1.165) is 37.4 Å². The van der Waals surface area contributed by atoms with E-state index in [0.29, 0.717) is 40.5 Å². The van der Waals surface area contributed by atoms with Crippen molar-refractivity contribution in [3.8, 4) is 0 Å². The summed E-state index contributed by atoms with van der Waals surface area (Å²) in [4.78, 5) is 18.5. The Labute approximate surface area is 220 Å². The van der Waals surface area contributed by atoms with Crippen molar-refractivity contribution < 1.29 is 18.3 Å². The van der Waals surface area contributed by atoms with Gasteiger partial charge in [-0.25, -0.2) is 23.4 Å². The van der Waals surface area contributed by atoms with Gasteiger partial charge in [-0.2, -0.15) is 0 Å². The number of piperidine rings is 1. The fraction of sp³-hybridized carbons (Fsp3) is 0.542. The van der Waals surface area contributed by atoms with Gasteiger partial charge >= 0.3 is 0 Å². The first-order valence-corrected chi connectivity index (χ1v) is 15.0. The smallest absolute Gasteiger partial charge is 0.153 e. The van der Waals surface area contributed by atoms with Crippen LogP contribution in [0.25, 0.3) is 0 Å². The summed E-state index contributed by atoms with van der Waals surface area (Å²) in [5, 5.41) is 10.7. The summed E-state index contributed by atoms with van der Waals surface area (Å²) in [7, 11) is -3.09. The van der Waals surface area contributed by atoms with Crippen LogP contribution in [-0.4, -0.2) is 78.9 Å². The molecule has 3 aliphatic heterocycles. The average molecular weight is 552 g/mol. The standard InChI is InChI=1S/C24H30ClN5O4S2/c1-15-16(2)34-14-24(15)5-8-29(9-6-24)22-18(13-31)28-20(10-27-22)35-19-4-7-26-23(21(19)25)30-11-17(12-30)36(3,32)33/h4,7,10,16-17,31H,1,5-6,8-9,11-14H2,2-3H3/t16-/m0/s1. The van der Waals surface area contributed by atoms with E-state index >= 15 is 0 Å². The predicted octanol–water partition coefficient (Wildman–Crippen LogP) is 2.96. The highest BCUT2D eigenvalue weighted by Gasteiger charge is 2.44. The third-order valence-electron chi connectivity index (χ3n) is 7.55. The van der Waals surface area contributed by atoms with Crippen LogP contribution < -0.4 is 9.80 Å². The van der Waals surface area contributed by atoms with E-state index < -0.39 is 15.1 Å². The predicted molar refractivity (Wildman–Crippen MR) is 141 cm³/mol. The zero-order valence-electron chi connectivity index (χ0n) is 20.4. The van der Waals surface area contributed by atoms with Gasteiger partial charge in [0.2, 0.25) is 0 Å². The Balaban J connectivity index is 1.29. The number of rotatable bonds is 6. The van der Waals surface area contributed by atoms with Crippen molar-refractivity contribution in [3.63, 3.8) is 0 Å². The summed E-state index contributed by atoms with van der Waals surface area (Å²) >= 11 is 7.98. The summed E-state index contributed by atoms with van der Waals surface area (Å²) < 4.78 is 29.3. The number of hydrogen-bond acceptors (Lipinski definition) is 10. The molecule has 5 rings (SSSR count). The second kappa shape index (κ2) is 9.75. The van der Waals surface area contributed by atoms with Crippen molar-refractivity contribution in [3.05, 3.63) is 41.3 Å². The molecule has 0 radical (unpaired) electrons. The fourth-order valence-electron chi connectivity index (χ4n) is 5.05. The molecule has 2 aromatic rings. The Hall–Kier alpha value is -1.92. The molecule has 1 N–H and O–H groups in total. The number of hydrogen-bond donors (Lipinski definition) is 1. The average Bonchev–Trinajstić information content (AvgIpc) is 3.08. The lowest BCUT2D eigenvalue weighted by atomic mass is 9.74. The second-order valence-corrected chi connectivity index (χ2v) is 13.6. The minimum Gasteiger partial charge on any atom is -0.390 e. The lowest BCUT2D eigenvalue weighted by Gasteiger charge is -2.40. The van der Waals surface area contributed by atoms with Gasteiger partial charge in [-0.3, -0.25) is 0 Å². The Kier molecular flexibility index (Phi) is 6.97. The fourth-order valence-corrected chi connectivity index (χ4v) is 7.10. The molecule has 194 valence electrons. The molecular weight excluding hydrogens is 522 g/mol. The highest BCUT2D eigenvalue weighted by atomic mass is 35.5. The number of aromatic nitrogens is 3. The maximum absolute atomic E-state index is 11.7. The SMILES string of the molecule is C=C1[C@H](C)OCC12CCN(c1ncc(Sc3ccnc(N4CC(S(C)(=O)=O)C4)c3Cl)nc1CO)CC2. The van der Waals surface area contributed by atoms with Crippen molar-refractivity contribution in [2.24, 2.45) is 5.41 Å². The normalized spacial score (nSPS) is 22.3. The topological polar surface area (TPSA) is 109 Å². The molecule has 2 aromatic heterocycles. The highest BCUT2D eigenvalue weighted by Crippen LogP contribution is 2.46. The number of halogens is 1. The maximum Gasteiger partial charge on any atom is 0.153 e. The number of sulfone groups is 1. The molecule has 36 heavy (non-hydrogen) atoms. The maximum atomic E-state index is 11.7. The van der Waals surface area contributed by atoms with Crippen molar-refractivity contribution in [2.75, 3.05) is 48.8 Å². The molecular formula is C24H30ClN5O4S2. The minimum atomic E-state index is -3.09. The van der Waals surface area contributed by atoms with Crippen molar-refractivity contribution in [1.82, 2.24) is 15.0 Å². The highest BCUT2D eigenvalue weighted by molar-refractivity contribution is 7.99. The van der Waals surface area contributed by atoms with Crippen LogP contribution in [0, 0.1) is 5.41 Å². The van der Waals surface area contributed by atoms with Gasteiger partial charge in [-0.15, -0.1) is 0 Å². The Morgan fingerprint density at radius 2 is 1.97 bits per heavy atom. The molecule has 3 fully saturated rings. The quantitative estimate of drug-likeness (QED) is 0.538. The zero-order valence-corrected chi connectivity index (χ0v) is 22.7. The summed E-state index contributed by atoms with van der Waals surface area (Å²) in [6, 6.07) is 1.79. The van der Waals surface area contributed by atoms with Gasteiger partial charge in [-0.05, 0) is 31.4 Å². The van der Waals surface area contributed by atoms with Crippen LogP contribution in [-0.2, 0) is 21.2 Å². The number of aliphatic hydroxyl groups excluding tert-OH is 1. The molecule has 9 nitrogen and oxygen atoms in total. The Morgan fingerprint density at radius 1 is 1.25 bits per heavy atom. The summed E-state index contributed by atoms with van der Waals surface area (Å²) in [5.74, 6) is 1.26. The van der Waals surface area contributed by atoms with Crippen LogP contribution >= 0.6 is 23.4 Å². The number of ether oxygens (including phenoxy) is 1. The third kappa shape index (κ3) is 4.71. The molecule has 0 unspecified atom stereocenters. The van der Waals surface area contributed by atoms with Crippen LogP contribution in [0.1, 0.15) is 25.5 Å². The van der Waals surface area contributed by atoms with Gasteiger partial charge in [0.25, 0.3) is 0 Å². The summed E-state index contributed by atoms with van der Waals surface area (Å²) in [6.07, 6.45) is 6.57. The minimum absolute atomic E-state index is 0.0338. The molecule has 0 aliphatic carbocycles. The van der Waals surface area contributed by atoms with Gasteiger partial charge in [0.15, 0.2) is 15.7 Å². The van der Waals surface area contributed by atoms with Crippen molar-refractivity contribution in [1.29, 1.82) is 0 Å². The molecule has 3 aliphatic rings. The first-order valence-electron chi connectivity index (χ1n) is 11.9. The molecule has 0 saturated carbocycles. The van der Waals surface area contributed by atoms with E-state index in [1.165, 1.54) is 23.6 Å². The lowest BCUT2D eigenvalue weighted by molar-refractivity contribution is 0.0977. The Morgan fingerprint density at radius 3 is 2.58 bits per heavy atom. The van der Waals surface area contributed by atoms with E-state index in [9.17, 15) is 13.5 Å². The molecule has 12 heteroatoms. The van der Waals surface area contributed by atoms with Crippen LogP contribution in [0.4, 0.5) is 11.6 Å².